The first-order valence-corrected chi connectivity index (χ1v) is 14.9. The molecule has 0 radical (unpaired) electrons. The molecule has 0 spiro atoms. The minimum atomic E-state index is -0.639. The molecule has 1 aliphatic heterocycles. The molecule has 4 aromatic carbocycles. The Bertz CT molecular complexity index is 1550. The fourth-order valence-corrected chi connectivity index (χ4v) is 5.59. The van der Waals surface area contributed by atoms with Gasteiger partial charge in [-0.25, -0.2) is 9.59 Å². The zero-order valence-electron chi connectivity index (χ0n) is 25.4. The maximum absolute atomic E-state index is 13.1. The number of aliphatic hydroxyl groups excluding tert-OH is 1. The van der Waals surface area contributed by atoms with Crippen LogP contribution >= 0.6 is 0 Å². The van der Waals surface area contributed by atoms with Crippen molar-refractivity contribution in [3.05, 3.63) is 114 Å². The van der Waals surface area contributed by atoms with Crippen molar-refractivity contribution in [1.29, 1.82) is 0 Å². The molecule has 3 unspecified atom stereocenters. The molecule has 44 heavy (non-hydrogen) atoms. The van der Waals surface area contributed by atoms with Gasteiger partial charge in [-0.15, -0.1) is 0 Å². The number of piperidine rings is 1. The fourth-order valence-electron chi connectivity index (χ4n) is 5.59. The normalized spacial score (nSPS) is 18.5. The van der Waals surface area contributed by atoms with Crippen molar-refractivity contribution in [2.24, 2.45) is 5.92 Å². The van der Waals surface area contributed by atoms with Crippen molar-refractivity contribution in [3.63, 3.8) is 0 Å². The predicted octanol–water partition coefficient (Wildman–Crippen LogP) is 7.12. The Morgan fingerprint density at radius 1 is 0.841 bits per heavy atom. The third-order valence-electron chi connectivity index (χ3n) is 7.68. The van der Waals surface area contributed by atoms with Crippen LogP contribution in [-0.4, -0.2) is 53.6 Å². The summed E-state index contributed by atoms with van der Waals surface area (Å²) in [5.74, 6) is -0.438. The molecule has 5 rings (SSSR count). The number of aliphatic hydroxyl groups is 1. The molecule has 0 aliphatic carbocycles. The van der Waals surface area contributed by atoms with E-state index in [-0.39, 0.29) is 25.0 Å². The fraction of sp³-hybridized carbons (Fsp3) is 0.333. The summed E-state index contributed by atoms with van der Waals surface area (Å²) in [5.41, 5.74) is 2.86. The van der Waals surface area contributed by atoms with Crippen molar-refractivity contribution in [1.82, 2.24) is 4.90 Å². The number of likely N-dealkylation sites (tertiary alicyclic amines) is 1. The third-order valence-corrected chi connectivity index (χ3v) is 7.68. The highest BCUT2D eigenvalue weighted by Crippen LogP contribution is 2.36. The molecule has 0 saturated carbocycles. The number of anilines is 1. The zero-order valence-corrected chi connectivity index (χ0v) is 25.4. The lowest BCUT2D eigenvalue weighted by Crippen LogP contribution is -2.53. The van der Waals surface area contributed by atoms with Crippen LogP contribution in [0.3, 0.4) is 0 Å². The van der Waals surface area contributed by atoms with Crippen LogP contribution in [0.15, 0.2) is 97.1 Å². The summed E-state index contributed by atoms with van der Waals surface area (Å²) in [7, 11) is 0. The number of hydrogen-bond acceptors (Lipinski definition) is 6. The van der Waals surface area contributed by atoms with E-state index in [1.54, 1.807) is 17.0 Å². The number of para-hydroxylation sites is 1. The zero-order chi connectivity index (χ0) is 31.1. The molecular formula is C36H40N2O6. The molecular weight excluding hydrogens is 556 g/mol. The van der Waals surface area contributed by atoms with Crippen LogP contribution in [0.2, 0.25) is 0 Å². The van der Waals surface area contributed by atoms with Crippen LogP contribution in [0.25, 0.3) is 10.8 Å². The summed E-state index contributed by atoms with van der Waals surface area (Å²) in [6.07, 6.45) is -1.34. The second-order valence-corrected chi connectivity index (χ2v) is 12.2. The number of benzene rings is 4. The first-order valence-electron chi connectivity index (χ1n) is 14.9. The van der Waals surface area contributed by atoms with Crippen LogP contribution < -0.4 is 5.32 Å². The largest absolute Gasteiger partial charge is 0.444 e. The summed E-state index contributed by atoms with van der Waals surface area (Å²) in [6, 6.07) is 31.4. The van der Waals surface area contributed by atoms with E-state index in [1.807, 2.05) is 75.4 Å². The molecule has 2 amide bonds. The molecule has 4 aromatic rings. The van der Waals surface area contributed by atoms with Crippen molar-refractivity contribution in [2.45, 2.75) is 51.6 Å². The van der Waals surface area contributed by atoms with Gasteiger partial charge in [0.05, 0.1) is 19.3 Å². The summed E-state index contributed by atoms with van der Waals surface area (Å²) in [4.78, 5) is 27.0. The van der Waals surface area contributed by atoms with E-state index in [0.717, 1.165) is 27.5 Å². The van der Waals surface area contributed by atoms with Gasteiger partial charge in [-0.05, 0) is 66.4 Å². The van der Waals surface area contributed by atoms with Gasteiger partial charge in [-0.2, -0.15) is 0 Å². The van der Waals surface area contributed by atoms with Gasteiger partial charge >= 0.3 is 12.2 Å². The minimum absolute atomic E-state index is 0.112. The first-order chi connectivity index (χ1) is 21.2. The van der Waals surface area contributed by atoms with Gasteiger partial charge < -0.3 is 24.2 Å². The number of amides is 2. The molecule has 2 N–H and O–H groups in total. The molecule has 1 aliphatic rings. The lowest BCUT2D eigenvalue weighted by molar-refractivity contribution is -0.0600. The van der Waals surface area contributed by atoms with Crippen molar-refractivity contribution in [2.75, 3.05) is 25.0 Å². The highest BCUT2D eigenvalue weighted by atomic mass is 16.6. The van der Waals surface area contributed by atoms with E-state index in [9.17, 15) is 14.7 Å². The van der Waals surface area contributed by atoms with Crippen molar-refractivity contribution < 1.29 is 28.9 Å². The Morgan fingerprint density at radius 3 is 2.23 bits per heavy atom. The molecule has 1 heterocycles. The molecule has 1 saturated heterocycles. The number of carbonyl (C=O) groups excluding carboxylic acids is 2. The molecule has 8 heteroatoms. The van der Waals surface area contributed by atoms with Crippen LogP contribution in [0.4, 0.5) is 15.3 Å². The van der Waals surface area contributed by atoms with Gasteiger partial charge in [0.25, 0.3) is 0 Å². The summed E-state index contributed by atoms with van der Waals surface area (Å²) < 4.78 is 17.6. The Kier molecular flexibility index (Phi) is 9.82. The maximum Gasteiger partial charge on any atom is 0.411 e. The molecule has 1 fully saturated rings. The number of hydrogen-bond donors (Lipinski definition) is 2. The van der Waals surface area contributed by atoms with Crippen molar-refractivity contribution in [3.8, 4) is 0 Å². The van der Waals surface area contributed by atoms with Gasteiger partial charge in [0.2, 0.25) is 0 Å². The van der Waals surface area contributed by atoms with E-state index >= 15 is 0 Å². The smallest absolute Gasteiger partial charge is 0.411 e. The highest BCUT2D eigenvalue weighted by Gasteiger charge is 2.41. The number of nitrogens with one attached hydrogen (secondary N) is 1. The van der Waals surface area contributed by atoms with Gasteiger partial charge in [-0.3, -0.25) is 5.32 Å². The Morgan fingerprint density at radius 2 is 1.52 bits per heavy atom. The monoisotopic (exact) mass is 596 g/mol. The molecule has 8 nitrogen and oxygen atoms in total. The van der Waals surface area contributed by atoms with E-state index < -0.39 is 23.9 Å². The Labute approximate surface area is 258 Å². The Hall–Kier alpha value is -4.40. The predicted molar refractivity (Wildman–Crippen MR) is 170 cm³/mol. The third kappa shape index (κ3) is 8.15. The Balaban J connectivity index is 1.31. The lowest BCUT2D eigenvalue weighted by Gasteiger charge is -2.43. The molecule has 230 valence electrons. The van der Waals surface area contributed by atoms with E-state index in [4.69, 9.17) is 14.2 Å². The second kappa shape index (κ2) is 13.9. The van der Waals surface area contributed by atoms with Crippen LogP contribution in [0.5, 0.6) is 0 Å². The standard InChI is InChI=1S/C36H40N2O6/c1-36(2,3)44-35(41)38-20-30(22-39)33(32(21-38)42-24-26-15-16-27-9-7-8-10-29(27)19-26)28-17-13-25(14-18-28)23-43-34(40)37-31-11-5-4-6-12-31/h4-19,30,32-33,39H,20-24H2,1-3H3,(H,37,40). The number of ether oxygens (including phenoxy) is 3. The molecule has 3 atom stereocenters. The number of nitrogens with zero attached hydrogens (tertiary/aromatic N) is 1. The highest BCUT2D eigenvalue weighted by molar-refractivity contribution is 5.84. The van der Waals surface area contributed by atoms with Gasteiger partial charge in [-0.1, -0.05) is 78.9 Å². The number of carbonyl (C=O) groups is 2. The van der Waals surface area contributed by atoms with Crippen LogP contribution in [-0.2, 0) is 27.4 Å². The van der Waals surface area contributed by atoms with Gasteiger partial charge in [0.1, 0.15) is 12.2 Å². The second-order valence-electron chi connectivity index (χ2n) is 12.2. The van der Waals surface area contributed by atoms with E-state index in [0.29, 0.717) is 25.4 Å². The van der Waals surface area contributed by atoms with Gasteiger partial charge in [0, 0.05) is 30.7 Å². The van der Waals surface area contributed by atoms with Crippen LogP contribution in [0.1, 0.15) is 43.4 Å². The number of fused-ring (bicyclic) bond motifs is 1. The SMILES string of the molecule is CC(C)(C)OC(=O)N1CC(CO)C(c2ccc(COC(=O)Nc3ccccc3)cc2)C(OCc2ccc3ccccc3c2)C1. The molecule has 0 aromatic heterocycles. The first kappa shape index (κ1) is 31.0. The topological polar surface area (TPSA) is 97.3 Å². The van der Waals surface area contributed by atoms with E-state index in [1.165, 1.54) is 0 Å². The van der Waals surface area contributed by atoms with Crippen LogP contribution in [0, 0.1) is 5.92 Å². The average Bonchev–Trinajstić information content (AvgIpc) is 3.02. The summed E-state index contributed by atoms with van der Waals surface area (Å²) >= 11 is 0. The minimum Gasteiger partial charge on any atom is -0.444 e. The number of rotatable bonds is 8. The summed E-state index contributed by atoms with van der Waals surface area (Å²) in [5, 5.41) is 15.5. The quantitative estimate of drug-likeness (QED) is 0.225. The average molecular weight is 597 g/mol. The van der Waals surface area contributed by atoms with Crippen molar-refractivity contribution >= 4 is 28.6 Å². The lowest BCUT2D eigenvalue weighted by atomic mass is 9.78. The summed E-state index contributed by atoms with van der Waals surface area (Å²) in [6.45, 7) is 6.54. The van der Waals surface area contributed by atoms with E-state index in [2.05, 4.69) is 35.6 Å². The molecule has 0 bridgehead atoms. The maximum atomic E-state index is 13.1. The van der Waals surface area contributed by atoms with Gasteiger partial charge in [0.15, 0.2) is 0 Å².